The fourth-order valence-corrected chi connectivity index (χ4v) is 6.53. The van der Waals surface area contributed by atoms with Gasteiger partial charge in [-0.15, -0.1) is 0 Å². The normalized spacial score (nSPS) is 23.8. The molecule has 3 rings (SSSR count). The summed E-state index contributed by atoms with van der Waals surface area (Å²) in [4.78, 5) is 6.99. The molecule has 0 aliphatic carbocycles. The second-order valence-electron chi connectivity index (χ2n) is 8.45. The monoisotopic (exact) mass is 470 g/mol. The SMILES string of the molecule is CC(C)N(C)[C@@H](C)c1ccccc1S(=O)(=O)[C@@H]1[C@@H](c2ccccc2)N(C)O[C@H]1C(F)(F)F. The molecule has 0 bridgehead atoms. The summed E-state index contributed by atoms with van der Waals surface area (Å²) >= 11 is 0. The van der Waals surface area contributed by atoms with Gasteiger partial charge in [0.2, 0.25) is 0 Å². The number of hydroxylamine groups is 2. The number of hydrogen-bond donors (Lipinski definition) is 0. The predicted molar refractivity (Wildman–Crippen MR) is 117 cm³/mol. The number of nitrogens with zero attached hydrogens (tertiary/aromatic N) is 2. The van der Waals surface area contributed by atoms with Crippen molar-refractivity contribution in [1.82, 2.24) is 9.96 Å². The Morgan fingerprint density at radius 2 is 1.56 bits per heavy atom. The van der Waals surface area contributed by atoms with Crippen LogP contribution < -0.4 is 0 Å². The predicted octanol–water partition coefficient (Wildman–Crippen LogP) is 4.78. The Hall–Kier alpha value is -1.94. The summed E-state index contributed by atoms with van der Waals surface area (Å²) in [5.74, 6) is 0. The van der Waals surface area contributed by atoms with Crippen molar-refractivity contribution in [3.63, 3.8) is 0 Å². The largest absolute Gasteiger partial charge is 0.418 e. The van der Waals surface area contributed by atoms with Crippen LogP contribution in [0.2, 0.25) is 0 Å². The first kappa shape index (κ1) is 24.7. The maximum atomic E-state index is 14.0. The number of alkyl halides is 3. The van der Waals surface area contributed by atoms with Gasteiger partial charge in [0, 0.05) is 19.1 Å². The van der Waals surface area contributed by atoms with Crippen LogP contribution in [-0.4, -0.2) is 56.0 Å². The van der Waals surface area contributed by atoms with E-state index in [1.165, 1.54) is 19.2 Å². The summed E-state index contributed by atoms with van der Waals surface area (Å²) < 4.78 is 69.8. The molecular weight excluding hydrogens is 441 g/mol. The zero-order valence-electron chi connectivity index (χ0n) is 18.7. The summed E-state index contributed by atoms with van der Waals surface area (Å²) in [6.07, 6.45) is -7.33. The number of sulfone groups is 1. The van der Waals surface area contributed by atoms with Crippen molar-refractivity contribution in [1.29, 1.82) is 0 Å². The fourth-order valence-electron chi connectivity index (χ4n) is 4.20. The van der Waals surface area contributed by atoms with E-state index in [0.717, 1.165) is 5.06 Å². The van der Waals surface area contributed by atoms with Crippen molar-refractivity contribution >= 4 is 9.84 Å². The molecule has 0 radical (unpaired) electrons. The first-order chi connectivity index (χ1) is 14.9. The van der Waals surface area contributed by atoms with E-state index in [2.05, 4.69) is 0 Å². The minimum atomic E-state index is -4.86. The van der Waals surface area contributed by atoms with E-state index in [-0.39, 0.29) is 17.0 Å². The van der Waals surface area contributed by atoms with Gasteiger partial charge in [0.1, 0.15) is 5.25 Å². The molecule has 32 heavy (non-hydrogen) atoms. The highest BCUT2D eigenvalue weighted by molar-refractivity contribution is 7.92. The van der Waals surface area contributed by atoms with Crippen molar-refractivity contribution in [3.8, 4) is 0 Å². The van der Waals surface area contributed by atoms with Crippen LogP contribution in [0.1, 0.15) is 44.0 Å². The number of halogens is 3. The molecule has 0 aromatic heterocycles. The molecule has 1 saturated heterocycles. The molecule has 0 unspecified atom stereocenters. The molecule has 1 heterocycles. The topological polar surface area (TPSA) is 49.9 Å². The molecule has 5 nitrogen and oxygen atoms in total. The highest BCUT2D eigenvalue weighted by Gasteiger charge is 2.61. The smallest absolute Gasteiger partial charge is 0.297 e. The van der Waals surface area contributed by atoms with E-state index in [1.807, 2.05) is 32.7 Å². The van der Waals surface area contributed by atoms with Crippen molar-refractivity contribution in [2.75, 3.05) is 14.1 Å². The maximum absolute atomic E-state index is 14.0. The average molecular weight is 471 g/mol. The summed E-state index contributed by atoms with van der Waals surface area (Å²) in [6, 6.07) is 13.3. The highest BCUT2D eigenvalue weighted by atomic mass is 32.2. The minimum Gasteiger partial charge on any atom is -0.297 e. The number of rotatable bonds is 6. The van der Waals surface area contributed by atoms with Crippen LogP contribution in [0.5, 0.6) is 0 Å². The lowest BCUT2D eigenvalue weighted by Crippen LogP contribution is -2.44. The molecule has 1 aliphatic rings. The van der Waals surface area contributed by atoms with E-state index in [9.17, 15) is 21.6 Å². The van der Waals surface area contributed by atoms with E-state index in [1.54, 1.807) is 42.5 Å². The third-order valence-corrected chi connectivity index (χ3v) is 8.41. The van der Waals surface area contributed by atoms with Gasteiger partial charge in [-0.3, -0.25) is 9.74 Å². The molecule has 0 amide bonds. The molecule has 1 fully saturated rings. The molecule has 4 atom stereocenters. The van der Waals surface area contributed by atoms with Gasteiger partial charge in [0.25, 0.3) is 0 Å². The molecule has 2 aromatic carbocycles. The summed E-state index contributed by atoms with van der Waals surface area (Å²) in [6.45, 7) is 5.79. The Kier molecular flexibility index (Phi) is 7.05. The number of benzene rings is 2. The minimum absolute atomic E-state index is 0.0981. The molecule has 0 spiro atoms. The van der Waals surface area contributed by atoms with Gasteiger partial charge in [0.15, 0.2) is 15.9 Å². The Morgan fingerprint density at radius 3 is 2.12 bits per heavy atom. The van der Waals surface area contributed by atoms with Crippen LogP contribution in [-0.2, 0) is 14.7 Å². The molecule has 1 aliphatic heterocycles. The molecular formula is C23H29F3N2O3S. The first-order valence-corrected chi connectivity index (χ1v) is 12.0. The van der Waals surface area contributed by atoms with Crippen molar-refractivity contribution in [2.45, 2.75) is 61.3 Å². The van der Waals surface area contributed by atoms with Gasteiger partial charge in [-0.1, -0.05) is 48.5 Å². The van der Waals surface area contributed by atoms with Gasteiger partial charge in [0.05, 0.1) is 10.9 Å². The van der Waals surface area contributed by atoms with E-state index < -0.39 is 33.4 Å². The van der Waals surface area contributed by atoms with Gasteiger partial charge in [-0.05, 0) is 45.0 Å². The quantitative estimate of drug-likeness (QED) is 0.608. The molecule has 0 N–H and O–H groups in total. The second kappa shape index (κ2) is 9.13. The second-order valence-corrected chi connectivity index (χ2v) is 10.5. The van der Waals surface area contributed by atoms with Crippen LogP contribution in [0.4, 0.5) is 13.2 Å². The zero-order chi connectivity index (χ0) is 23.8. The van der Waals surface area contributed by atoms with E-state index >= 15 is 0 Å². The molecule has 2 aromatic rings. The summed E-state index contributed by atoms with van der Waals surface area (Å²) in [5.41, 5.74) is 0.908. The highest BCUT2D eigenvalue weighted by Crippen LogP contribution is 2.46. The van der Waals surface area contributed by atoms with Crippen LogP contribution in [0, 0.1) is 0 Å². The lowest BCUT2D eigenvalue weighted by molar-refractivity contribution is -0.260. The molecule has 0 saturated carbocycles. The number of hydrogen-bond acceptors (Lipinski definition) is 5. The maximum Gasteiger partial charge on any atom is 0.418 e. The van der Waals surface area contributed by atoms with Gasteiger partial charge in [-0.25, -0.2) is 8.42 Å². The van der Waals surface area contributed by atoms with Crippen molar-refractivity contribution in [3.05, 3.63) is 65.7 Å². The fraction of sp³-hybridized carbons (Fsp3) is 0.478. The van der Waals surface area contributed by atoms with Crippen LogP contribution >= 0.6 is 0 Å². The van der Waals surface area contributed by atoms with E-state index in [4.69, 9.17) is 4.84 Å². The molecule has 9 heteroatoms. The van der Waals surface area contributed by atoms with Crippen LogP contribution in [0.25, 0.3) is 0 Å². The standard InChI is InChI=1S/C23H29F3N2O3S/c1-15(2)27(4)16(3)18-13-9-10-14-19(18)32(29,30)21-20(17-11-7-6-8-12-17)28(5)31-22(21)23(24,25)26/h6-16,20-22H,1-5H3/t16-,20+,21+,22+/m0/s1. The Bertz CT molecular complexity index is 1030. The van der Waals surface area contributed by atoms with E-state index in [0.29, 0.717) is 11.1 Å². The summed E-state index contributed by atoms with van der Waals surface area (Å²) in [7, 11) is -1.25. The Morgan fingerprint density at radius 1 is 1.00 bits per heavy atom. The lowest BCUT2D eigenvalue weighted by Gasteiger charge is -2.31. The lowest BCUT2D eigenvalue weighted by atomic mass is 10.0. The van der Waals surface area contributed by atoms with Crippen molar-refractivity contribution < 1.29 is 26.4 Å². The average Bonchev–Trinajstić information content (AvgIpc) is 3.11. The van der Waals surface area contributed by atoms with Gasteiger partial charge < -0.3 is 0 Å². The molecule has 176 valence electrons. The van der Waals surface area contributed by atoms with Crippen LogP contribution in [0.3, 0.4) is 0 Å². The van der Waals surface area contributed by atoms with Crippen molar-refractivity contribution in [2.24, 2.45) is 0 Å². The zero-order valence-corrected chi connectivity index (χ0v) is 19.6. The Balaban J connectivity index is 2.18. The Labute approximate surface area is 187 Å². The third kappa shape index (κ3) is 4.57. The van der Waals surface area contributed by atoms with Crippen LogP contribution in [0.15, 0.2) is 59.5 Å². The summed E-state index contributed by atoms with van der Waals surface area (Å²) in [5, 5.41) is -0.838. The third-order valence-electron chi connectivity index (χ3n) is 6.20. The van der Waals surface area contributed by atoms with Gasteiger partial charge in [-0.2, -0.15) is 18.2 Å². The first-order valence-electron chi connectivity index (χ1n) is 10.4. The van der Waals surface area contributed by atoms with Gasteiger partial charge >= 0.3 is 6.18 Å².